The maximum Gasteiger partial charge on any atom is 0.228 e. The Hall–Kier alpha value is -1.82. The average molecular weight is 161 g/mol. The van der Waals surface area contributed by atoms with Gasteiger partial charge in [-0.05, 0) is 12.1 Å². The molecule has 0 aliphatic rings. The van der Waals surface area contributed by atoms with E-state index in [1.54, 1.807) is 24.3 Å². The predicted molar refractivity (Wildman–Crippen MR) is 45.1 cm³/mol. The second kappa shape index (κ2) is 3.54. The minimum atomic E-state index is -0.370. The van der Waals surface area contributed by atoms with Crippen molar-refractivity contribution in [1.82, 2.24) is 0 Å². The van der Waals surface area contributed by atoms with Crippen LogP contribution in [0.2, 0.25) is 0 Å². The molecule has 1 aromatic rings. The largest absolute Gasteiger partial charge is 0.264 e. The standard InChI is InChI=1S/C9H7NO2/c1-2-8-3-5-9(6-4-8)7-10(11)12/h1,3-6H,7H2. The third-order valence-electron chi connectivity index (χ3n) is 1.43. The lowest BCUT2D eigenvalue weighted by Gasteiger charge is -1.94. The van der Waals surface area contributed by atoms with E-state index in [1.165, 1.54) is 0 Å². The van der Waals surface area contributed by atoms with Crippen LogP contribution in [0, 0.1) is 22.5 Å². The zero-order valence-electron chi connectivity index (χ0n) is 6.36. The fraction of sp³-hybridized carbons (Fsp3) is 0.111. The van der Waals surface area contributed by atoms with E-state index in [-0.39, 0.29) is 11.5 Å². The molecule has 60 valence electrons. The van der Waals surface area contributed by atoms with Gasteiger partial charge in [0.05, 0.1) is 0 Å². The number of nitrogens with zero attached hydrogens (tertiary/aromatic N) is 1. The van der Waals surface area contributed by atoms with Gasteiger partial charge in [0.1, 0.15) is 0 Å². The van der Waals surface area contributed by atoms with E-state index < -0.39 is 0 Å². The van der Waals surface area contributed by atoms with Gasteiger partial charge in [0.25, 0.3) is 0 Å². The van der Waals surface area contributed by atoms with E-state index in [9.17, 15) is 10.1 Å². The van der Waals surface area contributed by atoms with Crippen LogP contribution in [-0.2, 0) is 6.54 Å². The molecule has 0 radical (unpaired) electrons. The minimum Gasteiger partial charge on any atom is -0.264 e. The first-order valence-electron chi connectivity index (χ1n) is 3.39. The van der Waals surface area contributed by atoms with Crippen molar-refractivity contribution in [3.8, 4) is 12.3 Å². The summed E-state index contributed by atoms with van der Waals surface area (Å²) in [5.74, 6) is 2.44. The van der Waals surface area contributed by atoms with Crippen molar-refractivity contribution in [2.45, 2.75) is 6.54 Å². The van der Waals surface area contributed by atoms with E-state index in [1.807, 2.05) is 0 Å². The summed E-state index contributed by atoms with van der Waals surface area (Å²) in [6.45, 7) is -0.148. The van der Waals surface area contributed by atoms with Gasteiger partial charge in [-0.2, -0.15) is 0 Å². The summed E-state index contributed by atoms with van der Waals surface area (Å²) in [5, 5.41) is 10.1. The predicted octanol–water partition coefficient (Wildman–Crippen LogP) is 1.44. The Balaban J connectivity index is 2.80. The van der Waals surface area contributed by atoms with Gasteiger partial charge < -0.3 is 0 Å². The van der Waals surface area contributed by atoms with Gasteiger partial charge in [-0.1, -0.05) is 18.1 Å². The number of nitro groups is 1. The Bertz CT molecular complexity index is 321. The zero-order chi connectivity index (χ0) is 8.97. The van der Waals surface area contributed by atoms with Crippen LogP contribution >= 0.6 is 0 Å². The number of rotatable bonds is 2. The van der Waals surface area contributed by atoms with Crippen molar-refractivity contribution in [2.24, 2.45) is 0 Å². The number of terminal acetylenes is 1. The molecule has 3 heteroatoms. The van der Waals surface area contributed by atoms with Crippen LogP contribution in [0.25, 0.3) is 0 Å². The van der Waals surface area contributed by atoms with Gasteiger partial charge in [0.2, 0.25) is 6.54 Å². The van der Waals surface area contributed by atoms with Crippen LogP contribution in [0.15, 0.2) is 24.3 Å². The van der Waals surface area contributed by atoms with Crippen molar-refractivity contribution in [3.05, 3.63) is 45.5 Å². The third kappa shape index (κ3) is 2.10. The summed E-state index contributed by atoms with van der Waals surface area (Å²) in [6, 6.07) is 6.72. The van der Waals surface area contributed by atoms with Crippen LogP contribution < -0.4 is 0 Å². The van der Waals surface area contributed by atoms with Gasteiger partial charge in [-0.3, -0.25) is 10.1 Å². The molecular weight excluding hydrogens is 154 g/mol. The Kier molecular flexibility index (Phi) is 2.44. The second-order valence-electron chi connectivity index (χ2n) is 2.33. The van der Waals surface area contributed by atoms with E-state index in [2.05, 4.69) is 5.92 Å². The van der Waals surface area contributed by atoms with Crippen molar-refractivity contribution in [3.63, 3.8) is 0 Å². The third-order valence-corrected chi connectivity index (χ3v) is 1.43. The molecule has 0 fully saturated rings. The van der Waals surface area contributed by atoms with Gasteiger partial charge in [0.15, 0.2) is 0 Å². The lowest BCUT2D eigenvalue weighted by molar-refractivity contribution is -0.496. The summed E-state index contributed by atoms with van der Waals surface area (Å²) >= 11 is 0. The van der Waals surface area contributed by atoms with Gasteiger partial charge in [-0.25, -0.2) is 0 Å². The average Bonchev–Trinajstić information content (AvgIpc) is 2.05. The monoisotopic (exact) mass is 161 g/mol. The topological polar surface area (TPSA) is 43.1 Å². The molecule has 0 heterocycles. The van der Waals surface area contributed by atoms with E-state index in [4.69, 9.17) is 6.42 Å². The van der Waals surface area contributed by atoms with E-state index in [0.717, 1.165) is 5.56 Å². The molecule has 0 aliphatic carbocycles. The maximum atomic E-state index is 10.1. The SMILES string of the molecule is C#Cc1ccc(C[N+](=O)[O-])cc1. The summed E-state index contributed by atoms with van der Waals surface area (Å²) in [7, 11) is 0. The highest BCUT2D eigenvalue weighted by molar-refractivity contribution is 5.33. The molecule has 0 unspecified atom stereocenters. The van der Waals surface area contributed by atoms with Gasteiger partial charge in [-0.15, -0.1) is 6.42 Å². The Labute approximate surface area is 70.2 Å². The normalized spacial score (nSPS) is 8.92. The number of hydrogen-bond acceptors (Lipinski definition) is 2. The summed E-state index contributed by atoms with van der Waals surface area (Å²) in [5.41, 5.74) is 1.40. The first-order valence-corrected chi connectivity index (χ1v) is 3.39. The molecule has 0 spiro atoms. The highest BCUT2D eigenvalue weighted by Crippen LogP contribution is 2.03. The molecule has 0 N–H and O–H groups in total. The van der Waals surface area contributed by atoms with Gasteiger partial charge >= 0.3 is 0 Å². The van der Waals surface area contributed by atoms with Crippen molar-refractivity contribution in [2.75, 3.05) is 0 Å². The van der Waals surface area contributed by atoms with E-state index in [0.29, 0.717) is 5.56 Å². The smallest absolute Gasteiger partial charge is 0.228 e. The van der Waals surface area contributed by atoms with E-state index >= 15 is 0 Å². The van der Waals surface area contributed by atoms with Crippen molar-refractivity contribution < 1.29 is 4.92 Å². The van der Waals surface area contributed by atoms with Crippen LogP contribution in [0.1, 0.15) is 11.1 Å². The lowest BCUT2D eigenvalue weighted by atomic mass is 10.1. The fourth-order valence-electron chi connectivity index (χ4n) is 0.855. The van der Waals surface area contributed by atoms with Crippen molar-refractivity contribution in [1.29, 1.82) is 0 Å². The molecular formula is C9H7NO2. The Morgan fingerprint density at radius 2 is 2.00 bits per heavy atom. The number of benzene rings is 1. The maximum absolute atomic E-state index is 10.1. The first kappa shape index (κ1) is 8.28. The molecule has 0 amide bonds. The molecule has 1 aromatic carbocycles. The summed E-state index contributed by atoms with van der Waals surface area (Å²) in [6.07, 6.45) is 5.12. The molecule has 12 heavy (non-hydrogen) atoms. The molecule has 0 bridgehead atoms. The van der Waals surface area contributed by atoms with Crippen LogP contribution in [-0.4, -0.2) is 4.92 Å². The van der Waals surface area contributed by atoms with Crippen LogP contribution in [0.3, 0.4) is 0 Å². The molecule has 0 aliphatic heterocycles. The van der Waals surface area contributed by atoms with Gasteiger partial charge in [0, 0.05) is 16.1 Å². The minimum absolute atomic E-state index is 0.148. The number of hydrogen-bond donors (Lipinski definition) is 0. The fourth-order valence-corrected chi connectivity index (χ4v) is 0.855. The molecule has 1 rings (SSSR count). The highest BCUT2D eigenvalue weighted by atomic mass is 16.6. The molecule has 3 nitrogen and oxygen atoms in total. The second-order valence-corrected chi connectivity index (χ2v) is 2.33. The van der Waals surface area contributed by atoms with Crippen molar-refractivity contribution >= 4 is 0 Å². The molecule has 0 atom stereocenters. The quantitative estimate of drug-likeness (QED) is 0.374. The van der Waals surface area contributed by atoms with Crippen LogP contribution in [0.4, 0.5) is 0 Å². The summed E-state index contributed by atoms with van der Waals surface area (Å²) in [4.78, 5) is 9.72. The lowest BCUT2D eigenvalue weighted by Crippen LogP contribution is -1.97. The first-order chi connectivity index (χ1) is 5.72. The Morgan fingerprint density at radius 3 is 2.42 bits per heavy atom. The Morgan fingerprint density at radius 1 is 1.42 bits per heavy atom. The highest BCUT2D eigenvalue weighted by Gasteiger charge is 1.99. The zero-order valence-corrected chi connectivity index (χ0v) is 6.36. The molecule has 0 aromatic heterocycles. The van der Waals surface area contributed by atoms with Crippen LogP contribution in [0.5, 0.6) is 0 Å². The molecule has 0 saturated carbocycles. The summed E-state index contributed by atoms with van der Waals surface area (Å²) < 4.78 is 0. The molecule has 0 saturated heterocycles.